The molecule has 1 saturated heterocycles. The van der Waals surface area contributed by atoms with Gasteiger partial charge < -0.3 is 5.32 Å². The molecule has 2 rings (SSSR count). The molecule has 1 heterocycles. The van der Waals surface area contributed by atoms with Gasteiger partial charge >= 0.3 is 0 Å². The zero-order chi connectivity index (χ0) is 14.0. The van der Waals surface area contributed by atoms with Crippen molar-refractivity contribution in [3.63, 3.8) is 0 Å². The van der Waals surface area contributed by atoms with Crippen LogP contribution in [0.2, 0.25) is 0 Å². The van der Waals surface area contributed by atoms with Crippen LogP contribution in [0, 0.1) is 18.7 Å². The third kappa shape index (κ3) is 3.32. The second kappa shape index (κ2) is 5.56. The van der Waals surface area contributed by atoms with Crippen molar-refractivity contribution in [2.24, 2.45) is 5.92 Å². The van der Waals surface area contributed by atoms with Crippen molar-refractivity contribution in [2.45, 2.75) is 31.2 Å². The molecular weight excluding hydrogens is 267 g/mol. The Kier molecular flexibility index (Phi) is 4.23. The van der Waals surface area contributed by atoms with Crippen molar-refractivity contribution in [2.75, 3.05) is 13.1 Å². The van der Waals surface area contributed by atoms with Crippen molar-refractivity contribution in [3.8, 4) is 0 Å². The molecule has 1 aromatic rings. The Balaban J connectivity index is 2.19. The molecule has 0 bridgehead atoms. The van der Waals surface area contributed by atoms with Crippen molar-refractivity contribution in [1.82, 2.24) is 10.0 Å². The fourth-order valence-corrected chi connectivity index (χ4v) is 3.94. The van der Waals surface area contributed by atoms with E-state index in [1.54, 1.807) is 6.92 Å². The molecule has 0 radical (unpaired) electrons. The van der Waals surface area contributed by atoms with Gasteiger partial charge in [-0.25, -0.2) is 17.5 Å². The van der Waals surface area contributed by atoms with Gasteiger partial charge in [-0.05, 0) is 57.0 Å². The molecule has 1 aliphatic rings. The maximum absolute atomic E-state index is 13.2. The van der Waals surface area contributed by atoms with Crippen LogP contribution in [0.1, 0.15) is 18.9 Å². The molecule has 2 unspecified atom stereocenters. The predicted molar refractivity (Wildman–Crippen MR) is 71.9 cm³/mol. The van der Waals surface area contributed by atoms with Gasteiger partial charge in [0.15, 0.2) is 0 Å². The van der Waals surface area contributed by atoms with E-state index >= 15 is 0 Å². The Bertz CT molecular complexity index is 554. The van der Waals surface area contributed by atoms with Crippen molar-refractivity contribution in [1.29, 1.82) is 0 Å². The zero-order valence-electron chi connectivity index (χ0n) is 11.1. The molecule has 6 heteroatoms. The van der Waals surface area contributed by atoms with Gasteiger partial charge in [0.25, 0.3) is 0 Å². The van der Waals surface area contributed by atoms with Crippen LogP contribution in [0.25, 0.3) is 0 Å². The molecule has 1 fully saturated rings. The minimum atomic E-state index is -3.67. The van der Waals surface area contributed by atoms with E-state index in [0.29, 0.717) is 5.56 Å². The van der Waals surface area contributed by atoms with E-state index in [2.05, 4.69) is 10.0 Å². The fraction of sp³-hybridized carbons (Fsp3) is 0.538. The number of rotatable bonds is 4. The number of aryl methyl sites for hydroxylation is 1. The predicted octanol–water partition coefficient (Wildman–Crippen LogP) is 1.41. The standard InChI is InChI=1S/C13H19FN2O2S/c1-9-3-4-12(14)7-13(9)19(17,18)16-10(2)11-5-6-15-8-11/h3-4,7,10-11,15-16H,5-6,8H2,1-2H3. The largest absolute Gasteiger partial charge is 0.316 e. The Labute approximate surface area is 113 Å². The van der Waals surface area contributed by atoms with Gasteiger partial charge in [0.2, 0.25) is 10.0 Å². The Morgan fingerprint density at radius 3 is 2.84 bits per heavy atom. The second-order valence-electron chi connectivity index (χ2n) is 5.07. The molecule has 0 spiro atoms. The molecule has 0 saturated carbocycles. The number of hydrogen-bond donors (Lipinski definition) is 2. The van der Waals surface area contributed by atoms with Crippen LogP contribution in [0.15, 0.2) is 23.1 Å². The lowest BCUT2D eigenvalue weighted by Crippen LogP contribution is -2.39. The summed E-state index contributed by atoms with van der Waals surface area (Å²) in [5.41, 5.74) is 0.547. The fourth-order valence-electron chi connectivity index (χ4n) is 2.37. The first-order valence-corrected chi connectivity index (χ1v) is 7.87. The quantitative estimate of drug-likeness (QED) is 0.880. The first-order valence-electron chi connectivity index (χ1n) is 6.39. The summed E-state index contributed by atoms with van der Waals surface area (Å²) in [6, 6.07) is 3.64. The molecule has 0 amide bonds. The maximum atomic E-state index is 13.2. The summed E-state index contributed by atoms with van der Waals surface area (Å²) in [6.07, 6.45) is 0.950. The number of sulfonamides is 1. The van der Waals surface area contributed by atoms with E-state index in [1.165, 1.54) is 12.1 Å². The molecule has 1 aliphatic heterocycles. The van der Waals surface area contributed by atoms with E-state index in [1.807, 2.05) is 6.92 Å². The summed E-state index contributed by atoms with van der Waals surface area (Å²) >= 11 is 0. The Morgan fingerprint density at radius 2 is 2.21 bits per heavy atom. The molecule has 2 atom stereocenters. The zero-order valence-corrected chi connectivity index (χ0v) is 11.9. The average Bonchev–Trinajstić information content (AvgIpc) is 2.85. The topological polar surface area (TPSA) is 58.2 Å². The van der Waals surface area contributed by atoms with E-state index in [4.69, 9.17) is 0 Å². The minimum Gasteiger partial charge on any atom is -0.316 e. The van der Waals surface area contributed by atoms with Crippen LogP contribution < -0.4 is 10.0 Å². The smallest absolute Gasteiger partial charge is 0.241 e. The van der Waals surface area contributed by atoms with Crippen LogP contribution in [0.5, 0.6) is 0 Å². The van der Waals surface area contributed by atoms with Crippen LogP contribution >= 0.6 is 0 Å². The molecule has 2 N–H and O–H groups in total. The molecule has 106 valence electrons. The monoisotopic (exact) mass is 286 g/mol. The highest BCUT2D eigenvalue weighted by atomic mass is 32.2. The maximum Gasteiger partial charge on any atom is 0.241 e. The van der Waals surface area contributed by atoms with Crippen LogP contribution in [-0.4, -0.2) is 27.5 Å². The first kappa shape index (κ1) is 14.4. The van der Waals surface area contributed by atoms with Gasteiger partial charge in [-0.15, -0.1) is 0 Å². The van der Waals surface area contributed by atoms with Crippen molar-refractivity contribution < 1.29 is 12.8 Å². The third-order valence-electron chi connectivity index (χ3n) is 3.59. The first-order chi connectivity index (χ1) is 8.90. The number of hydrogen-bond acceptors (Lipinski definition) is 3. The summed E-state index contributed by atoms with van der Waals surface area (Å²) in [6.45, 7) is 5.24. The van der Waals surface area contributed by atoms with E-state index in [-0.39, 0.29) is 16.9 Å². The van der Waals surface area contributed by atoms with Gasteiger partial charge in [0.1, 0.15) is 5.82 Å². The highest BCUT2D eigenvalue weighted by Gasteiger charge is 2.27. The summed E-state index contributed by atoms with van der Waals surface area (Å²) in [4.78, 5) is 0.0188. The van der Waals surface area contributed by atoms with Gasteiger partial charge in [0, 0.05) is 6.04 Å². The summed E-state index contributed by atoms with van der Waals surface area (Å²) in [5.74, 6) is -0.259. The van der Waals surface area contributed by atoms with Crippen molar-refractivity contribution >= 4 is 10.0 Å². The van der Waals surface area contributed by atoms with Gasteiger partial charge in [-0.1, -0.05) is 6.07 Å². The highest BCUT2D eigenvalue weighted by molar-refractivity contribution is 7.89. The van der Waals surface area contributed by atoms with Crippen LogP contribution in [0.3, 0.4) is 0 Å². The highest BCUT2D eigenvalue weighted by Crippen LogP contribution is 2.19. The Hall–Kier alpha value is -0.980. The van der Waals surface area contributed by atoms with E-state index < -0.39 is 15.8 Å². The van der Waals surface area contributed by atoms with Crippen LogP contribution in [-0.2, 0) is 10.0 Å². The average molecular weight is 286 g/mol. The normalized spacial score (nSPS) is 21.5. The lowest BCUT2D eigenvalue weighted by Gasteiger charge is -2.20. The summed E-state index contributed by atoms with van der Waals surface area (Å²) in [5, 5.41) is 3.20. The molecular formula is C13H19FN2O2S. The van der Waals surface area contributed by atoms with E-state index in [0.717, 1.165) is 25.6 Å². The summed E-state index contributed by atoms with van der Waals surface area (Å²) in [7, 11) is -3.67. The van der Waals surface area contributed by atoms with Crippen molar-refractivity contribution in [3.05, 3.63) is 29.6 Å². The molecule has 0 aromatic heterocycles. The van der Waals surface area contributed by atoms with Gasteiger partial charge in [-0.2, -0.15) is 0 Å². The number of halogens is 1. The molecule has 0 aliphatic carbocycles. The van der Waals surface area contributed by atoms with Crippen LogP contribution in [0.4, 0.5) is 4.39 Å². The lowest BCUT2D eigenvalue weighted by atomic mass is 10.0. The number of nitrogens with one attached hydrogen (secondary N) is 2. The Morgan fingerprint density at radius 1 is 1.47 bits per heavy atom. The SMILES string of the molecule is Cc1ccc(F)cc1S(=O)(=O)NC(C)C1CCNC1. The molecule has 19 heavy (non-hydrogen) atoms. The van der Waals surface area contributed by atoms with E-state index in [9.17, 15) is 12.8 Å². The van der Waals surface area contributed by atoms with Gasteiger partial charge in [-0.3, -0.25) is 0 Å². The number of benzene rings is 1. The lowest BCUT2D eigenvalue weighted by molar-refractivity contribution is 0.444. The second-order valence-corrected chi connectivity index (χ2v) is 6.76. The third-order valence-corrected chi connectivity index (χ3v) is 5.29. The summed E-state index contributed by atoms with van der Waals surface area (Å²) < 4.78 is 40.4. The molecule has 1 aromatic carbocycles. The minimum absolute atomic E-state index is 0.0188. The van der Waals surface area contributed by atoms with Gasteiger partial charge in [0.05, 0.1) is 4.90 Å². The molecule has 4 nitrogen and oxygen atoms in total.